The molecule has 1 amide bonds. The van der Waals surface area contributed by atoms with Crippen LogP contribution in [-0.2, 0) is 0 Å². The van der Waals surface area contributed by atoms with Crippen molar-refractivity contribution in [3.63, 3.8) is 0 Å². The lowest BCUT2D eigenvalue weighted by Crippen LogP contribution is -2.31. The van der Waals surface area contributed by atoms with Gasteiger partial charge in [0.05, 0.1) is 0 Å². The second-order valence-corrected chi connectivity index (χ2v) is 2.06. The summed E-state index contributed by atoms with van der Waals surface area (Å²) in [5.41, 5.74) is 2.84. The van der Waals surface area contributed by atoms with Crippen LogP contribution in [-0.4, -0.2) is 15.9 Å². The van der Waals surface area contributed by atoms with Crippen LogP contribution >= 0.6 is 0 Å². The average Bonchev–Trinajstić information content (AvgIpc) is 2.05. The van der Waals surface area contributed by atoms with Gasteiger partial charge in [0.25, 0.3) is 0 Å². The first-order valence-electron chi connectivity index (χ1n) is 3.03. The summed E-state index contributed by atoms with van der Waals surface area (Å²) in [6.07, 6.45) is 3.11. The van der Waals surface area contributed by atoms with Crippen molar-refractivity contribution in [2.75, 3.05) is 0 Å². The molecular weight excluding hydrogens is 144 g/mol. The van der Waals surface area contributed by atoms with Crippen LogP contribution in [0.15, 0.2) is 12.4 Å². The van der Waals surface area contributed by atoms with Gasteiger partial charge >= 0.3 is 5.91 Å². The molecule has 0 radical (unpaired) electrons. The Bertz CT molecular complexity index is 256. The molecule has 0 aliphatic heterocycles. The molecule has 1 rings (SSSR count). The fraction of sp³-hybridized carbons (Fsp3) is 0.167. The van der Waals surface area contributed by atoms with Crippen LogP contribution in [0, 0.1) is 6.92 Å². The largest absolute Gasteiger partial charge is 0.302 e. The number of nitrogen functional groups attached to an aromatic ring is 1. The highest BCUT2D eigenvalue weighted by Crippen LogP contribution is 1.91. The molecule has 0 spiro atoms. The zero-order valence-corrected chi connectivity index (χ0v) is 6.03. The van der Waals surface area contributed by atoms with Crippen LogP contribution < -0.4 is 11.3 Å². The summed E-state index contributed by atoms with van der Waals surface area (Å²) in [5, 5.41) is 0. The number of hydrogen-bond donors (Lipinski definition) is 2. The number of carbonyl (C=O) groups is 1. The van der Waals surface area contributed by atoms with Crippen molar-refractivity contribution in [3.05, 3.63) is 23.8 Å². The zero-order valence-electron chi connectivity index (χ0n) is 6.03. The van der Waals surface area contributed by atoms with Crippen LogP contribution in [0.3, 0.4) is 0 Å². The van der Waals surface area contributed by atoms with E-state index < -0.39 is 5.91 Å². The van der Waals surface area contributed by atoms with Gasteiger partial charge in [-0.15, -0.1) is 0 Å². The highest BCUT2D eigenvalue weighted by Gasteiger charge is 2.04. The second kappa shape index (κ2) is 3.07. The molecule has 0 aromatic carbocycles. The highest BCUT2D eigenvalue weighted by molar-refractivity contribution is 5.89. The minimum atomic E-state index is -0.481. The normalized spacial score (nSPS) is 9.27. The molecule has 11 heavy (non-hydrogen) atoms. The molecule has 0 atom stereocenters. The van der Waals surface area contributed by atoms with Crippen LogP contribution in [0.25, 0.3) is 0 Å². The summed E-state index contributed by atoms with van der Waals surface area (Å²) in [4.78, 5) is 18.3. The molecule has 0 bridgehead atoms. The monoisotopic (exact) mass is 152 g/mol. The first-order chi connectivity index (χ1) is 5.24. The van der Waals surface area contributed by atoms with E-state index in [1.54, 1.807) is 12.4 Å². The van der Waals surface area contributed by atoms with Crippen molar-refractivity contribution in [3.8, 4) is 0 Å². The number of aromatic nitrogens is 2. The Kier molecular flexibility index (Phi) is 2.12. The number of amides is 1. The molecule has 3 N–H and O–H groups in total. The fourth-order valence-electron chi connectivity index (χ4n) is 0.574. The van der Waals surface area contributed by atoms with E-state index in [1.807, 2.05) is 12.3 Å². The third-order valence-electron chi connectivity index (χ3n) is 1.12. The summed E-state index contributed by atoms with van der Waals surface area (Å²) in [7, 11) is 0. The molecule has 58 valence electrons. The Hall–Kier alpha value is -1.49. The van der Waals surface area contributed by atoms with Crippen LogP contribution in [0.1, 0.15) is 16.2 Å². The average molecular weight is 152 g/mol. The summed E-state index contributed by atoms with van der Waals surface area (Å²) >= 11 is 0. The number of carbonyl (C=O) groups excluding carboxylic acids is 1. The predicted octanol–water partition coefficient (Wildman–Crippen LogP) is -0.611. The molecule has 0 saturated heterocycles. The number of nitrogens with one attached hydrogen (secondary N) is 1. The molecular formula is C6H8N4O. The van der Waals surface area contributed by atoms with Gasteiger partial charge in [-0.05, 0) is 12.5 Å². The van der Waals surface area contributed by atoms with Crippen molar-refractivity contribution >= 4 is 5.91 Å². The second-order valence-electron chi connectivity index (χ2n) is 2.06. The molecule has 0 aliphatic rings. The van der Waals surface area contributed by atoms with E-state index in [-0.39, 0.29) is 5.82 Å². The van der Waals surface area contributed by atoms with E-state index >= 15 is 0 Å². The van der Waals surface area contributed by atoms with Gasteiger partial charge < -0.3 is 0 Å². The lowest BCUT2D eigenvalue weighted by atomic mass is 10.4. The number of hydrazine groups is 1. The predicted molar refractivity (Wildman–Crippen MR) is 38.4 cm³/mol. The van der Waals surface area contributed by atoms with Crippen molar-refractivity contribution in [1.29, 1.82) is 0 Å². The summed E-state index contributed by atoms with van der Waals surface area (Å²) in [5.74, 6) is 4.46. The molecule has 0 aliphatic carbocycles. The number of rotatable bonds is 1. The van der Waals surface area contributed by atoms with E-state index in [2.05, 4.69) is 9.97 Å². The Labute approximate surface area is 63.6 Å². The van der Waals surface area contributed by atoms with Crippen LogP contribution in [0.4, 0.5) is 0 Å². The van der Waals surface area contributed by atoms with Gasteiger partial charge in [-0.25, -0.2) is 15.8 Å². The Morgan fingerprint density at radius 3 is 2.55 bits per heavy atom. The number of nitrogens with two attached hydrogens (primary N) is 1. The van der Waals surface area contributed by atoms with Crippen molar-refractivity contribution < 1.29 is 4.79 Å². The van der Waals surface area contributed by atoms with E-state index in [4.69, 9.17) is 5.84 Å². The highest BCUT2D eigenvalue weighted by atomic mass is 16.2. The Morgan fingerprint density at radius 1 is 1.55 bits per heavy atom. The van der Waals surface area contributed by atoms with Gasteiger partial charge in [0.15, 0.2) is 0 Å². The molecule has 0 fully saturated rings. The first-order valence-corrected chi connectivity index (χ1v) is 3.03. The minimum Gasteiger partial charge on any atom is -0.287 e. The molecule has 1 aromatic heterocycles. The van der Waals surface area contributed by atoms with Crippen molar-refractivity contribution in [2.24, 2.45) is 5.84 Å². The van der Waals surface area contributed by atoms with Crippen LogP contribution in [0.5, 0.6) is 0 Å². The number of hydrogen-bond acceptors (Lipinski definition) is 4. The molecule has 0 saturated carbocycles. The lowest BCUT2D eigenvalue weighted by Gasteiger charge is -1.96. The topological polar surface area (TPSA) is 80.9 Å². The van der Waals surface area contributed by atoms with Crippen molar-refractivity contribution in [1.82, 2.24) is 15.4 Å². The smallest absolute Gasteiger partial charge is 0.287 e. The standard InChI is InChI=1S/C6H8N4O/c1-4-2-8-5(9-3-4)6(11)10-7/h2-3H,7H2,1H3,(H,10,11). The summed E-state index contributed by atoms with van der Waals surface area (Å²) in [6, 6.07) is 0. The van der Waals surface area contributed by atoms with Crippen molar-refractivity contribution in [2.45, 2.75) is 6.92 Å². The quantitative estimate of drug-likeness (QED) is 0.319. The van der Waals surface area contributed by atoms with E-state index in [0.29, 0.717) is 0 Å². The van der Waals surface area contributed by atoms with Crippen LogP contribution in [0.2, 0.25) is 0 Å². The third-order valence-corrected chi connectivity index (χ3v) is 1.12. The SMILES string of the molecule is Cc1cnc(C(=O)NN)nc1. The molecule has 0 unspecified atom stereocenters. The molecule has 1 aromatic rings. The van der Waals surface area contributed by atoms with Gasteiger partial charge in [-0.3, -0.25) is 10.2 Å². The molecule has 1 heterocycles. The van der Waals surface area contributed by atoms with Gasteiger partial charge in [-0.1, -0.05) is 0 Å². The summed E-state index contributed by atoms with van der Waals surface area (Å²) < 4.78 is 0. The van der Waals surface area contributed by atoms with E-state index in [0.717, 1.165) is 5.56 Å². The molecule has 5 heteroatoms. The molecule has 5 nitrogen and oxygen atoms in total. The Morgan fingerprint density at radius 2 is 2.09 bits per heavy atom. The first kappa shape index (κ1) is 7.62. The van der Waals surface area contributed by atoms with E-state index in [1.165, 1.54) is 0 Å². The zero-order chi connectivity index (χ0) is 8.27. The Balaban J connectivity index is 2.90. The lowest BCUT2D eigenvalue weighted by molar-refractivity contribution is 0.0943. The minimum absolute atomic E-state index is 0.0816. The number of nitrogens with zero attached hydrogens (tertiary/aromatic N) is 2. The van der Waals surface area contributed by atoms with Gasteiger partial charge in [0.2, 0.25) is 5.82 Å². The third kappa shape index (κ3) is 1.71. The summed E-state index contributed by atoms with van der Waals surface area (Å²) in [6.45, 7) is 1.84. The fourth-order valence-corrected chi connectivity index (χ4v) is 0.574. The van der Waals surface area contributed by atoms with Gasteiger partial charge in [0, 0.05) is 12.4 Å². The number of aryl methyl sites for hydroxylation is 1. The maximum atomic E-state index is 10.8. The van der Waals surface area contributed by atoms with Gasteiger partial charge in [0.1, 0.15) is 0 Å². The van der Waals surface area contributed by atoms with E-state index in [9.17, 15) is 4.79 Å². The van der Waals surface area contributed by atoms with Gasteiger partial charge in [-0.2, -0.15) is 0 Å². The maximum Gasteiger partial charge on any atom is 0.302 e. The maximum absolute atomic E-state index is 10.8.